The molecule has 1 unspecified atom stereocenters. The number of ketones is 1. The van der Waals surface area contributed by atoms with E-state index in [1.807, 2.05) is 26.0 Å². The Hall–Kier alpha value is -4.57. The molecule has 1 atom stereocenters. The highest BCUT2D eigenvalue weighted by molar-refractivity contribution is 7.22. The second-order valence-electron chi connectivity index (χ2n) is 10.9. The molecule has 6 rings (SSSR count). The lowest BCUT2D eigenvalue weighted by atomic mass is 9.95. The van der Waals surface area contributed by atoms with Crippen LogP contribution in [0.15, 0.2) is 54.1 Å². The number of thiazole rings is 1. The normalized spacial score (nSPS) is 17.4. The number of rotatable bonds is 9. The average molecular weight is 615 g/mol. The Labute approximate surface area is 259 Å². The number of fused-ring (bicyclic) bond motifs is 2. The van der Waals surface area contributed by atoms with E-state index in [-0.39, 0.29) is 11.3 Å². The van der Waals surface area contributed by atoms with Crippen LogP contribution >= 0.6 is 11.3 Å². The number of methoxy groups -OCH3 is 1. The zero-order valence-corrected chi connectivity index (χ0v) is 26.0. The largest absolute Gasteiger partial charge is 0.507 e. The highest BCUT2D eigenvalue weighted by atomic mass is 32.1. The van der Waals surface area contributed by atoms with Gasteiger partial charge in [-0.3, -0.25) is 14.5 Å². The van der Waals surface area contributed by atoms with Crippen LogP contribution in [0.4, 0.5) is 5.13 Å². The lowest BCUT2D eigenvalue weighted by molar-refractivity contribution is -0.132. The Morgan fingerprint density at radius 1 is 1.02 bits per heavy atom. The van der Waals surface area contributed by atoms with E-state index in [1.165, 1.54) is 16.2 Å². The van der Waals surface area contributed by atoms with Crippen molar-refractivity contribution in [2.24, 2.45) is 0 Å². The lowest BCUT2D eigenvalue weighted by Gasteiger charge is -2.24. The molecule has 2 aliphatic rings. The molecule has 228 valence electrons. The first-order valence-electron chi connectivity index (χ1n) is 14.7. The lowest BCUT2D eigenvalue weighted by Crippen LogP contribution is -2.29. The van der Waals surface area contributed by atoms with Crippen molar-refractivity contribution in [2.45, 2.75) is 46.1 Å². The Morgan fingerprint density at radius 2 is 1.82 bits per heavy atom. The van der Waals surface area contributed by atoms with Gasteiger partial charge >= 0.3 is 5.91 Å². The monoisotopic (exact) mass is 614 g/mol. The highest BCUT2D eigenvalue weighted by Crippen LogP contribution is 2.47. The Morgan fingerprint density at radius 3 is 2.59 bits per heavy atom. The SMILES string of the molecule is CCCCCOc1ccc(C2/C(=C(/O)c3ccc4c(c3)OCCO4)C(=O)C(=O)N2c2nc3c(C)cc(C)cc3s2)cc1OC. The maximum absolute atomic E-state index is 13.8. The summed E-state index contributed by atoms with van der Waals surface area (Å²) in [4.78, 5) is 33.8. The number of aliphatic hydroxyl groups excluding tert-OH is 1. The van der Waals surface area contributed by atoms with E-state index in [2.05, 4.69) is 6.92 Å². The molecular weight excluding hydrogens is 580 g/mol. The van der Waals surface area contributed by atoms with Gasteiger partial charge in [0.25, 0.3) is 5.78 Å². The van der Waals surface area contributed by atoms with Gasteiger partial charge in [-0.25, -0.2) is 4.98 Å². The number of carbonyl (C=O) groups is 2. The third-order valence-corrected chi connectivity index (χ3v) is 8.80. The van der Waals surface area contributed by atoms with Crippen molar-refractivity contribution >= 4 is 44.1 Å². The standard InChI is InChI=1S/C34H34N2O7S/c1-5-6-7-12-41-23-10-8-21(17-25(23)40-4)30-28(31(37)22-9-11-24-26(18-22)43-14-13-42-24)32(38)33(39)36(30)34-35-29-20(3)15-19(2)16-27(29)44-34/h8-11,15-18,30,37H,5-7,12-14H2,1-4H3/b31-28-. The van der Waals surface area contributed by atoms with Crippen molar-refractivity contribution in [2.75, 3.05) is 31.8 Å². The first-order chi connectivity index (χ1) is 21.3. The Kier molecular flexibility index (Phi) is 8.18. The molecule has 0 saturated carbocycles. The van der Waals surface area contributed by atoms with Gasteiger partial charge in [-0.05, 0) is 73.4 Å². The van der Waals surface area contributed by atoms with Gasteiger partial charge in [-0.15, -0.1) is 0 Å². The minimum absolute atomic E-state index is 0.0579. The van der Waals surface area contributed by atoms with Crippen molar-refractivity contribution in [3.63, 3.8) is 0 Å². The number of anilines is 1. The summed E-state index contributed by atoms with van der Waals surface area (Å²) in [6.45, 7) is 7.43. The van der Waals surface area contributed by atoms with E-state index in [4.69, 9.17) is 23.9 Å². The van der Waals surface area contributed by atoms with Gasteiger partial charge in [0.2, 0.25) is 0 Å². The number of aromatic nitrogens is 1. The molecular formula is C34H34N2O7S. The molecule has 3 heterocycles. The predicted octanol–water partition coefficient (Wildman–Crippen LogP) is 6.89. The van der Waals surface area contributed by atoms with Crippen molar-refractivity contribution in [1.82, 2.24) is 4.98 Å². The van der Waals surface area contributed by atoms with Gasteiger partial charge < -0.3 is 24.1 Å². The van der Waals surface area contributed by atoms with Crippen LogP contribution in [0.25, 0.3) is 16.0 Å². The van der Waals surface area contributed by atoms with E-state index in [0.29, 0.717) is 59.1 Å². The quantitative estimate of drug-likeness (QED) is 0.0940. The fourth-order valence-electron chi connectivity index (χ4n) is 5.66. The second kappa shape index (κ2) is 12.2. The molecule has 10 heteroatoms. The smallest absolute Gasteiger partial charge is 0.301 e. The van der Waals surface area contributed by atoms with E-state index < -0.39 is 17.7 Å². The number of hydrogen-bond donors (Lipinski definition) is 1. The van der Waals surface area contributed by atoms with Crippen LogP contribution < -0.4 is 23.8 Å². The minimum Gasteiger partial charge on any atom is -0.507 e. The maximum atomic E-state index is 13.8. The third kappa shape index (κ3) is 5.34. The zero-order valence-electron chi connectivity index (χ0n) is 25.1. The third-order valence-electron chi connectivity index (χ3n) is 7.79. The molecule has 1 saturated heterocycles. The van der Waals surface area contributed by atoms with Gasteiger partial charge in [0, 0.05) is 5.56 Å². The second-order valence-corrected chi connectivity index (χ2v) is 11.9. The van der Waals surface area contributed by atoms with Crippen LogP contribution in [0.5, 0.6) is 23.0 Å². The number of carbonyl (C=O) groups excluding carboxylic acids is 2. The number of hydrogen-bond acceptors (Lipinski definition) is 9. The summed E-state index contributed by atoms with van der Waals surface area (Å²) in [6, 6.07) is 13.3. The van der Waals surface area contributed by atoms with Gasteiger partial charge in [0.05, 0.1) is 35.5 Å². The fraction of sp³-hybridized carbons (Fsp3) is 0.324. The first-order valence-corrected chi connectivity index (χ1v) is 15.5. The molecule has 0 radical (unpaired) electrons. The van der Waals surface area contributed by atoms with Crippen molar-refractivity contribution in [1.29, 1.82) is 0 Å². The van der Waals surface area contributed by atoms with Crippen LogP contribution in [-0.4, -0.2) is 48.7 Å². The van der Waals surface area contributed by atoms with Crippen LogP contribution in [0.1, 0.15) is 54.5 Å². The molecule has 2 aliphatic heterocycles. The van der Waals surface area contributed by atoms with Crippen LogP contribution in [-0.2, 0) is 9.59 Å². The topological polar surface area (TPSA) is 107 Å². The predicted molar refractivity (Wildman–Crippen MR) is 169 cm³/mol. The number of unbranched alkanes of at least 4 members (excludes halogenated alkanes) is 2. The molecule has 9 nitrogen and oxygen atoms in total. The van der Waals surface area contributed by atoms with Gasteiger partial charge in [-0.1, -0.05) is 43.2 Å². The van der Waals surface area contributed by atoms with Gasteiger partial charge in [0.15, 0.2) is 28.1 Å². The molecule has 0 aliphatic carbocycles. The summed E-state index contributed by atoms with van der Waals surface area (Å²) >= 11 is 1.33. The molecule has 0 spiro atoms. The molecule has 3 aromatic carbocycles. The molecule has 1 amide bonds. The van der Waals surface area contributed by atoms with Crippen molar-refractivity contribution < 1.29 is 33.6 Å². The fourth-order valence-corrected chi connectivity index (χ4v) is 6.83. The zero-order chi connectivity index (χ0) is 31.0. The number of benzene rings is 3. The maximum Gasteiger partial charge on any atom is 0.301 e. The number of ether oxygens (including phenoxy) is 4. The Balaban J connectivity index is 1.50. The first kappa shape index (κ1) is 29.5. The summed E-state index contributed by atoms with van der Waals surface area (Å²) in [7, 11) is 1.54. The summed E-state index contributed by atoms with van der Waals surface area (Å²) < 4.78 is 23.9. The van der Waals surface area contributed by atoms with E-state index in [9.17, 15) is 14.7 Å². The van der Waals surface area contributed by atoms with Crippen molar-refractivity contribution in [3.05, 3.63) is 76.4 Å². The molecule has 0 bridgehead atoms. The molecule has 1 fully saturated rings. The Bertz CT molecular complexity index is 1790. The van der Waals surface area contributed by atoms with Crippen LogP contribution in [0.2, 0.25) is 0 Å². The van der Waals surface area contributed by atoms with E-state index >= 15 is 0 Å². The highest BCUT2D eigenvalue weighted by Gasteiger charge is 2.48. The molecule has 4 aromatic rings. The molecule has 44 heavy (non-hydrogen) atoms. The summed E-state index contributed by atoms with van der Waals surface area (Å²) in [6.07, 6.45) is 3.04. The molecule has 1 aromatic heterocycles. The number of Topliss-reactive ketones (excluding diaryl/α,β-unsaturated/α-hetero) is 1. The van der Waals surface area contributed by atoms with Crippen molar-refractivity contribution in [3.8, 4) is 23.0 Å². The molecule has 1 N–H and O–H groups in total. The van der Waals surface area contributed by atoms with Crippen LogP contribution in [0.3, 0.4) is 0 Å². The van der Waals surface area contributed by atoms with E-state index in [1.54, 1.807) is 43.5 Å². The summed E-state index contributed by atoms with van der Waals surface area (Å²) in [5.74, 6) is 0.107. The van der Waals surface area contributed by atoms with Gasteiger partial charge in [0.1, 0.15) is 19.0 Å². The average Bonchev–Trinajstić information content (AvgIpc) is 3.56. The number of aliphatic hydroxyl groups is 1. The summed E-state index contributed by atoms with van der Waals surface area (Å²) in [5, 5.41) is 12.0. The number of aryl methyl sites for hydroxylation is 2. The minimum atomic E-state index is -0.979. The number of nitrogens with zero attached hydrogens (tertiary/aromatic N) is 2. The summed E-state index contributed by atoms with van der Waals surface area (Å²) in [5.41, 5.74) is 3.64. The van der Waals surface area contributed by atoms with Crippen LogP contribution in [0, 0.1) is 13.8 Å². The van der Waals surface area contributed by atoms with Gasteiger partial charge in [-0.2, -0.15) is 0 Å². The van der Waals surface area contributed by atoms with E-state index in [0.717, 1.165) is 40.6 Å². The number of amides is 1.